The monoisotopic (exact) mass is 746 g/mol. The van der Waals surface area contributed by atoms with Gasteiger partial charge in [-0.1, -0.05) is 34.3 Å². The molecular weight excluding hydrogens is 696 g/mol. The van der Waals surface area contributed by atoms with Crippen molar-refractivity contribution in [1.29, 1.82) is 0 Å². The van der Waals surface area contributed by atoms with Crippen molar-refractivity contribution in [2.24, 2.45) is 34.5 Å². The molecule has 1 aromatic rings. The molecule has 2 aliphatic heterocycles. The standard InChI is InChI=1S/C38H50O15/c1-19(2)32(44)34(45)51-33-25(15-47-18-39)31(20(3)38-29(52-38)12-26(37(33,38)9)24-10-11-46-14-24)36(8)27(16-48-21(4)40)35(7,17-49-22(5)41)53-30(43)13-28(36)50-23(6)42/h10-11,14,18-19,25-29,31-33,44H,3,12-13,15-17H2,1-2,4-9H3. The lowest BCUT2D eigenvalue weighted by Gasteiger charge is -2.60. The summed E-state index contributed by atoms with van der Waals surface area (Å²) < 4.78 is 47.1. The predicted molar refractivity (Wildman–Crippen MR) is 180 cm³/mol. The smallest absolute Gasteiger partial charge is 0.335 e. The molecule has 53 heavy (non-hydrogen) atoms. The molecule has 0 bridgehead atoms. The molecule has 0 aromatic carbocycles. The number of rotatable bonds is 13. The lowest BCUT2D eigenvalue weighted by atomic mass is 9.45. The molecule has 5 rings (SSSR count). The van der Waals surface area contributed by atoms with E-state index < -0.39 is 120 Å². The molecule has 1 N–H and O–H groups in total. The van der Waals surface area contributed by atoms with Crippen LogP contribution in [0.2, 0.25) is 0 Å². The molecule has 12 atom stereocenters. The van der Waals surface area contributed by atoms with Crippen molar-refractivity contribution in [2.75, 3.05) is 19.8 Å². The van der Waals surface area contributed by atoms with Crippen LogP contribution in [0, 0.1) is 34.5 Å². The number of aliphatic hydroxyl groups is 1. The molecule has 1 spiro atoms. The van der Waals surface area contributed by atoms with Crippen molar-refractivity contribution in [3.63, 3.8) is 0 Å². The van der Waals surface area contributed by atoms with Crippen LogP contribution in [0.3, 0.4) is 0 Å². The van der Waals surface area contributed by atoms with E-state index in [1.165, 1.54) is 34.0 Å². The lowest BCUT2D eigenvalue weighted by molar-refractivity contribution is -0.217. The fraction of sp³-hybridized carbons (Fsp3) is 0.684. The van der Waals surface area contributed by atoms with Gasteiger partial charge in [-0.2, -0.15) is 0 Å². The first-order valence-corrected chi connectivity index (χ1v) is 17.8. The molecule has 12 unspecified atom stereocenters. The summed E-state index contributed by atoms with van der Waals surface area (Å²) >= 11 is 0. The molecule has 4 aliphatic rings. The van der Waals surface area contributed by atoms with E-state index in [0.717, 1.165) is 5.56 Å². The first-order chi connectivity index (χ1) is 24.8. The summed E-state index contributed by atoms with van der Waals surface area (Å²) in [7, 11) is 0. The molecular formula is C38H50O15. The van der Waals surface area contributed by atoms with Gasteiger partial charge in [0.2, 0.25) is 0 Å². The second-order valence-corrected chi connectivity index (χ2v) is 15.7. The summed E-state index contributed by atoms with van der Waals surface area (Å²) in [5.74, 6) is -7.77. The summed E-state index contributed by atoms with van der Waals surface area (Å²) in [6.07, 6.45) is -1.32. The molecule has 1 aromatic heterocycles. The molecule has 0 radical (unpaired) electrons. The second-order valence-electron chi connectivity index (χ2n) is 15.7. The minimum atomic E-state index is -1.70. The maximum Gasteiger partial charge on any atom is 0.335 e. The minimum absolute atomic E-state index is 0.250. The van der Waals surface area contributed by atoms with Crippen molar-refractivity contribution in [3.05, 3.63) is 36.3 Å². The zero-order valence-electron chi connectivity index (χ0n) is 31.4. The molecule has 15 heteroatoms. The van der Waals surface area contributed by atoms with Crippen molar-refractivity contribution in [2.45, 2.75) is 110 Å². The fourth-order valence-corrected chi connectivity index (χ4v) is 9.89. The summed E-state index contributed by atoms with van der Waals surface area (Å²) in [5, 5.41) is 11.0. The van der Waals surface area contributed by atoms with Crippen molar-refractivity contribution >= 4 is 36.3 Å². The van der Waals surface area contributed by atoms with Crippen molar-refractivity contribution < 1.29 is 71.4 Å². The van der Waals surface area contributed by atoms with E-state index in [4.69, 9.17) is 37.6 Å². The maximum absolute atomic E-state index is 13.9. The number of epoxide rings is 1. The van der Waals surface area contributed by atoms with Crippen LogP contribution in [-0.2, 0) is 61.9 Å². The predicted octanol–water partition coefficient (Wildman–Crippen LogP) is 3.20. The van der Waals surface area contributed by atoms with Gasteiger partial charge in [-0.15, -0.1) is 0 Å². The Bertz CT molecular complexity index is 1620. The summed E-state index contributed by atoms with van der Waals surface area (Å²) in [6.45, 7) is 15.7. The Kier molecular flexibility index (Phi) is 11.0. The largest absolute Gasteiger partial charge is 0.472 e. The van der Waals surface area contributed by atoms with Gasteiger partial charge >= 0.3 is 29.8 Å². The number of cyclic esters (lactones) is 1. The number of carbonyl (C=O) groups is 6. The number of esters is 5. The zero-order valence-corrected chi connectivity index (χ0v) is 31.4. The van der Waals surface area contributed by atoms with Crippen LogP contribution >= 0.6 is 0 Å². The Morgan fingerprint density at radius 2 is 1.72 bits per heavy atom. The van der Waals surface area contributed by atoms with Crippen LogP contribution in [0.1, 0.15) is 79.7 Å². The zero-order chi connectivity index (χ0) is 39.3. The Morgan fingerprint density at radius 1 is 1.04 bits per heavy atom. The normalized spacial score (nSPS) is 38.0. The first kappa shape index (κ1) is 40.0. The number of furan rings is 1. The van der Waals surface area contributed by atoms with Crippen molar-refractivity contribution in [1.82, 2.24) is 0 Å². The molecule has 0 amide bonds. The highest BCUT2D eigenvalue weighted by Gasteiger charge is 2.84. The quantitative estimate of drug-likeness (QED) is 0.101. The summed E-state index contributed by atoms with van der Waals surface area (Å²) in [5.41, 5.74) is -4.26. The van der Waals surface area contributed by atoms with Crippen LogP contribution in [0.5, 0.6) is 0 Å². The average Bonchev–Trinajstić information content (AvgIpc) is 3.43. The van der Waals surface area contributed by atoms with E-state index in [0.29, 0.717) is 12.0 Å². The third-order valence-corrected chi connectivity index (χ3v) is 12.3. The van der Waals surface area contributed by atoms with Gasteiger partial charge in [0.15, 0.2) is 6.10 Å². The molecule has 15 nitrogen and oxygen atoms in total. The van der Waals surface area contributed by atoms with Crippen LogP contribution < -0.4 is 0 Å². The summed E-state index contributed by atoms with van der Waals surface area (Å²) in [6, 6.07) is 1.81. The van der Waals surface area contributed by atoms with E-state index in [9.17, 15) is 33.9 Å². The molecule has 4 fully saturated rings. The van der Waals surface area contributed by atoms with Gasteiger partial charge in [-0.3, -0.25) is 24.0 Å². The molecule has 2 aliphatic carbocycles. The van der Waals surface area contributed by atoms with E-state index in [-0.39, 0.29) is 19.0 Å². The highest BCUT2D eigenvalue weighted by molar-refractivity contribution is 5.75. The van der Waals surface area contributed by atoms with Gasteiger partial charge in [-0.05, 0) is 36.5 Å². The van der Waals surface area contributed by atoms with Gasteiger partial charge in [0, 0.05) is 55.3 Å². The number of carbonyl (C=O) groups excluding carboxylic acids is 6. The Balaban J connectivity index is 1.81. The van der Waals surface area contributed by atoms with Gasteiger partial charge < -0.3 is 42.7 Å². The number of ether oxygens (including phenoxy) is 7. The average molecular weight is 747 g/mol. The number of hydrogen-bond donors (Lipinski definition) is 1. The topological polar surface area (TPSA) is 204 Å². The lowest BCUT2D eigenvalue weighted by Crippen LogP contribution is -2.67. The Labute approximate surface area is 307 Å². The first-order valence-electron chi connectivity index (χ1n) is 17.8. The van der Waals surface area contributed by atoms with Crippen molar-refractivity contribution in [3.8, 4) is 0 Å². The Morgan fingerprint density at radius 3 is 2.28 bits per heavy atom. The van der Waals surface area contributed by atoms with Crippen LogP contribution in [0.15, 0.2) is 35.2 Å². The molecule has 292 valence electrons. The SMILES string of the molecule is C=C1C(C2(C)C(OC(C)=O)CC(=O)OC(C)(COC(C)=O)C2COC(C)=O)C(COC=O)C(OC(=O)C(O)C(C)C)C2(C)C(c3ccoc3)CC3OC132. The van der Waals surface area contributed by atoms with E-state index in [1.807, 2.05) is 13.0 Å². The Hall–Kier alpha value is -4.24. The molecule has 3 heterocycles. The second kappa shape index (κ2) is 14.5. The number of hydrogen-bond acceptors (Lipinski definition) is 15. The van der Waals surface area contributed by atoms with Crippen LogP contribution in [0.25, 0.3) is 0 Å². The third-order valence-electron chi connectivity index (χ3n) is 12.3. The molecule has 2 saturated carbocycles. The highest BCUT2D eigenvalue weighted by Crippen LogP contribution is 2.77. The van der Waals surface area contributed by atoms with E-state index >= 15 is 0 Å². The number of aliphatic hydroxyl groups excluding tert-OH is 1. The summed E-state index contributed by atoms with van der Waals surface area (Å²) in [4.78, 5) is 77.0. The third kappa shape index (κ3) is 6.64. The maximum atomic E-state index is 13.9. The van der Waals surface area contributed by atoms with Gasteiger partial charge in [0.25, 0.3) is 6.47 Å². The van der Waals surface area contributed by atoms with Gasteiger partial charge in [-0.25, -0.2) is 4.79 Å². The van der Waals surface area contributed by atoms with Gasteiger partial charge in [0.05, 0.1) is 38.3 Å². The van der Waals surface area contributed by atoms with E-state index in [1.54, 1.807) is 27.0 Å². The minimum Gasteiger partial charge on any atom is -0.472 e. The molecule has 2 saturated heterocycles. The van der Waals surface area contributed by atoms with E-state index in [2.05, 4.69) is 6.58 Å². The highest BCUT2D eigenvalue weighted by atomic mass is 16.6. The fourth-order valence-electron chi connectivity index (χ4n) is 9.89. The van der Waals surface area contributed by atoms with Crippen LogP contribution in [0.4, 0.5) is 0 Å². The van der Waals surface area contributed by atoms with Gasteiger partial charge in [0.1, 0.15) is 30.0 Å². The van der Waals surface area contributed by atoms with Crippen LogP contribution in [-0.4, -0.2) is 96.9 Å².